The van der Waals surface area contributed by atoms with Crippen LogP contribution in [-0.2, 0) is 10.3 Å². The van der Waals surface area contributed by atoms with Gasteiger partial charge in [0, 0.05) is 5.56 Å². The molecule has 4 heteroatoms. The van der Waals surface area contributed by atoms with E-state index >= 15 is 0 Å². The average molecular weight is 236 g/mol. The van der Waals surface area contributed by atoms with Crippen molar-refractivity contribution in [3.8, 4) is 5.75 Å². The Morgan fingerprint density at radius 3 is 2.53 bits per heavy atom. The van der Waals surface area contributed by atoms with Crippen LogP contribution in [0.15, 0.2) is 18.2 Å². The van der Waals surface area contributed by atoms with Crippen molar-refractivity contribution in [3.05, 3.63) is 29.3 Å². The molecule has 1 aromatic rings. The van der Waals surface area contributed by atoms with E-state index in [1.54, 1.807) is 7.11 Å². The zero-order chi connectivity index (χ0) is 12.5. The highest BCUT2D eigenvalue weighted by Gasteiger charge is 2.41. The molecule has 1 fully saturated rings. The van der Waals surface area contributed by atoms with Crippen molar-refractivity contribution in [2.45, 2.75) is 25.3 Å². The molecule has 0 saturated carbocycles. The molecule has 1 aromatic carbocycles. The van der Waals surface area contributed by atoms with Gasteiger partial charge < -0.3 is 9.47 Å². The van der Waals surface area contributed by atoms with E-state index in [-0.39, 0.29) is 5.54 Å². The van der Waals surface area contributed by atoms with E-state index in [9.17, 15) is 0 Å². The summed E-state index contributed by atoms with van der Waals surface area (Å²) in [6.45, 7) is 5.51. The second-order valence-electron chi connectivity index (χ2n) is 4.83. The zero-order valence-corrected chi connectivity index (χ0v) is 10.6. The second kappa shape index (κ2) is 4.64. The van der Waals surface area contributed by atoms with Crippen molar-refractivity contribution in [2.24, 2.45) is 5.84 Å². The van der Waals surface area contributed by atoms with Gasteiger partial charge in [-0.25, -0.2) is 5.43 Å². The van der Waals surface area contributed by atoms with E-state index in [1.165, 1.54) is 5.56 Å². The Kier molecular flexibility index (Phi) is 3.38. The molecule has 1 aliphatic heterocycles. The summed E-state index contributed by atoms with van der Waals surface area (Å²) < 4.78 is 10.7. The van der Waals surface area contributed by atoms with Crippen LogP contribution in [0.1, 0.15) is 30.9 Å². The number of hydrazine groups is 1. The van der Waals surface area contributed by atoms with Gasteiger partial charge in [-0.3, -0.25) is 5.84 Å². The monoisotopic (exact) mass is 236 g/mol. The molecule has 0 bridgehead atoms. The van der Waals surface area contributed by atoms with E-state index in [0.29, 0.717) is 19.1 Å². The zero-order valence-electron chi connectivity index (χ0n) is 10.6. The van der Waals surface area contributed by atoms with Crippen LogP contribution in [-0.4, -0.2) is 20.3 Å². The van der Waals surface area contributed by atoms with Gasteiger partial charge in [-0.1, -0.05) is 19.9 Å². The lowest BCUT2D eigenvalue weighted by molar-refractivity contribution is -0.0796. The van der Waals surface area contributed by atoms with Crippen LogP contribution >= 0.6 is 0 Å². The SMILES string of the molecule is COc1ccc(C(C)C)cc1C1(NN)COC1. The summed E-state index contributed by atoms with van der Waals surface area (Å²) in [5.41, 5.74) is 4.93. The predicted octanol–water partition coefficient (Wildman–Crippen LogP) is 1.51. The van der Waals surface area contributed by atoms with Crippen molar-refractivity contribution in [3.63, 3.8) is 0 Å². The average Bonchev–Trinajstić information content (AvgIpc) is 2.28. The van der Waals surface area contributed by atoms with Crippen LogP contribution in [0, 0.1) is 0 Å². The topological polar surface area (TPSA) is 56.5 Å². The molecular formula is C13H20N2O2. The molecule has 0 radical (unpaired) electrons. The molecule has 1 aliphatic rings. The largest absolute Gasteiger partial charge is 0.496 e. The van der Waals surface area contributed by atoms with Crippen LogP contribution in [0.4, 0.5) is 0 Å². The van der Waals surface area contributed by atoms with Crippen LogP contribution in [0.2, 0.25) is 0 Å². The lowest BCUT2D eigenvalue weighted by atomic mass is 9.85. The summed E-state index contributed by atoms with van der Waals surface area (Å²) in [4.78, 5) is 0. The molecular weight excluding hydrogens is 216 g/mol. The number of ether oxygens (including phenoxy) is 2. The fourth-order valence-electron chi connectivity index (χ4n) is 2.08. The van der Waals surface area contributed by atoms with Gasteiger partial charge in [0.05, 0.1) is 20.3 Å². The van der Waals surface area contributed by atoms with Gasteiger partial charge in [-0.05, 0) is 23.6 Å². The first kappa shape index (κ1) is 12.4. The van der Waals surface area contributed by atoms with Crippen LogP contribution in [0.25, 0.3) is 0 Å². The van der Waals surface area contributed by atoms with E-state index in [1.807, 2.05) is 6.07 Å². The molecule has 1 heterocycles. The van der Waals surface area contributed by atoms with Gasteiger partial charge in [0.1, 0.15) is 11.3 Å². The summed E-state index contributed by atoms with van der Waals surface area (Å²) >= 11 is 0. The Hall–Kier alpha value is -1.10. The van der Waals surface area contributed by atoms with Gasteiger partial charge in [0.25, 0.3) is 0 Å². The van der Waals surface area contributed by atoms with E-state index in [0.717, 1.165) is 11.3 Å². The van der Waals surface area contributed by atoms with Gasteiger partial charge >= 0.3 is 0 Å². The first-order valence-electron chi connectivity index (χ1n) is 5.87. The minimum Gasteiger partial charge on any atom is -0.496 e. The molecule has 0 amide bonds. The van der Waals surface area contributed by atoms with Gasteiger partial charge in [-0.15, -0.1) is 0 Å². The lowest BCUT2D eigenvalue weighted by Crippen LogP contribution is -2.60. The van der Waals surface area contributed by atoms with Crippen molar-refractivity contribution in [1.82, 2.24) is 5.43 Å². The van der Waals surface area contributed by atoms with E-state index in [4.69, 9.17) is 15.3 Å². The number of hydrogen-bond acceptors (Lipinski definition) is 4. The fourth-order valence-corrected chi connectivity index (χ4v) is 2.08. The molecule has 1 saturated heterocycles. The molecule has 4 nitrogen and oxygen atoms in total. The number of benzene rings is 1. The Morgan fingerprint density at radius 1 is 1.41 bits per heavy atom. The second-order valence-corrected chi connectivity index (χ2v) is 4.83. The summed E-state index contributed by atoms with van der Waals surface area (Å²) in [5.74, 6) is 7.00. The Labute approximate surface area is 102 Å². The molecule has 0 atom stereocenters. The van der Waals surface area contributed by atoms with Gasteiger partial charge in [0.15, 0.2) is 0 Å². The highest BCUT2D eigenvalue weighted by Crippen LogP contribution is 2.36. The summed E-state index contributed by atoms with van der Waals surface area (Å²) in [6, 6.07) is 6.25. The Morgan fingerprint density at radius 2 is 2.12 bits per heavy atom. The Balaban J connectivity index is 2.45. The van der Waals surface area contributed by atoms with Crippen molar-refractivity contribution >= 4 is 0 Å². The minimum absolute atomic E-state index is 0.295. The molecule has 0 spiro atoms. The van der Waals surface area contributed by atoms with Crippen LogP contribution in [0.3, 0.4) is 0 Å². The molecule has 94 valence electrons. The normalized spacial score (nSPS) is 17.9. The van der Waals surface area contributed by atoms with Gasteiger partial charge in [0.2, 0.25) is 0 Å². The van der Waals surface area contributed by atoms with Crippen molar-refractivity contribution in [1.29, 1.82) is 0 Å². The molecule has 2 rings (SSSR count). The molecule has 17 heavy (non-hydrogen) atoms. The maximum absolute atomic E-state index is 5.67. The lowest BCUT2D eigenvalue weighted by Gasteiger charge is -2.42. The third kappa shape index (κ3) is 2.04. The summed E-state index contributed by atoms with van der Waals surface area (Å²) in [5, 5.41) is 0. The van der Waals surface area contributed by atoms with Crippen molar-refractivity contribution < 1.29 is 9.47 Å². The minimum atomic E-state index is -0.295. The quantitative estimate of drug-likeness (QED) is 0.614. The number of nitrogens with two attached hydrogens (primary N) is 1. The maximum atomic E-state index is 5.67. The highest BCUT2D eigenvalue weighted by molar-refractivity contribution is 5.44. The first-order valence-corrected chi connectivity index (χ1v) is 5.87. The van der Waals surface area contributed by atoms with E-state index < -0.39 is 0 Å². The number of hydrogen-bond donors (Lipinski definition) is 2. The Bertz CT molecular complexity index is 395. The highest BCUT2D eigenvalue weighted by atomic mass is 16.5. The fraction of sp³-hybridized carbons (Fsp3) is 0.538. The third-order valence-electron chi connectivity index (χ3n) is 3.38. The van der Waals surface area contributed by atoms with E-state index in [2.05, 4.69) is 31.4 Å². The molecule has 3 N–H and O–H groups in total. The van der Waals surface area contributed by atoms with Crippen LogP contribution < -0.4 is 16.0 Å². The van der Waals surface area contributed by atoms with Crippen molar-refractivity contribution in [2.75, 3.05) is 20.3 Å². The number of methoxy groups -OCH3 is 1. The summed E-state index contributed by atoms with van der Waals surface area (Å²) in [7, 11) is 1.68. The predicted molar refractivity (Wildman–Crippen MR) is 66.9 cm³/mol. The summed E-state index contributed by atoms with van der Waals surface area (Å²) in [6.07, 6.45) is 0. The number of rotatable bonds is 4. The maximum Gasteiger partial charge on any atom is 0.124 e. The molecule has 0 aromatic heterocycles. The smallest absolute Gasteiger partial charge is 0.124 e. The standard InChI is InChI=1S/C13H20N2O2/c1-9(2)10-4-5-12(16-3)11(6-10)13(15-14)7-17-8-13/h4-6,9,15H,7-8,14H2,1-3H3. The third-order valence-corrected chi connectivity index (χ3v) is 3.38. The van der Waals surface area contributed by atoms with Crippen LogP contribution in [0.5, 0.6) is 5.75 Å². The number of nitrogens with one attached hydrogen (secondary N) is 1. The van der Waals surface area contributed by atoms with Gasteiger partial charge in [-0.2, -0.15) is 0 Å². The molecule has 0 aliphatic carbocycles. The molecule has 0 unspecified atom stereocenters. The first-order chi connectivity index (χ1) is 8.13.